The predicted molar refractivity (Wildman–Crippen MR) is 106 cm³/mol. The number of rotatable bonds is 5. The molecule has 10 heteroatoms. The molecule has 1 aliphatic heterocycles. The fourth-order valence-electron chi connectivity index (χ4n) is 3.20. The van der Waals surface area contributed by atoms with Crippen molar-refractivity contribution in [1.29, 1.82) is 0 Å². The van der Waals surface area contributed by atoms with E-state index in [9.17, 15) is 14.7 Å². The summed E-state index contributed by atoms with van der Waals surface area (Å²) < 4.78 is 6.97. The molecule has 2 atom stereocenters. The van der Waals surface area contributed by atoms with Crippen LogP contribution in [-0.4, -0.2) is 56.6 Å². The summed E-state index contributed by atoms with van der Waals surface area (Å²) in [5.41, 5.74) is 2.21. The van der Waals surface area contributed by atoms with Gasteiger partial charge in [-0.05, 0) is 25.0 Å². The summed E-state index contributed by atoms with van der Waals surface area (Å²) in [5, 5.41) is 17.5. The average Bonchev–Trinajstić information content (AvgIpc) is 3.10. The molecular formula is C19H19N5O4S. The van der Waals surface area contributed by atoms with Crippen LogP contribution in [0.25, 0.3) is 16.9 Å². The van der Waals surface area contributed by atoms with E-state index in [0.717, 1.165) is 18.4 Å². The number of carbonyl (C=O) groups excluding carboxylic acids is 2. The van der Waals surface area contributed by atoms with Crippen LogP contribution in [0.5, 0.6) is 0 Å². The van der Waals surface area contributed by atoms with Crippen LogP contribution in [0.3, 0.4) is 0 Å². The molecule has 9 nitrogen and oxygen atoms in total. The number of pyridine rings is 1. The van der Waals surface area contributed by atoms with Gasteiger partial charge in [-0.15, -0.1) is 11.3 Å². The molecule has 2 aliphatic rings. The Labute approximate surface area is 169 Å². The molecule has 3 aromatic heterocycles. The first-order valence-corrected chi connectivity index (χ1v) is 10.3. The lowest BCUT2D eigenvalue weighted by molar-refractivity contribution is -0.117. The van der Waals surface area contributed by atoms with E-state index in [-0.39, 0.29) is 24.3 Å². The summed E-state index contributed by atoms with van der Waals surface area (Å²) in [4.78, 5) is 33.1. The van der Waals surface area contributed by atoms with E-state index in [1.807, 2.05) is 28.1 Å². The largest absolute Gasteiger partial charge is 0.388 e. The normalized spacial score (nSPS) is 21.4. The number of nitrogens with one attached hydrogen (secondary N) is 2. The van der Waals surface area contributed by atoms with Gasteiger partial charge in [-0.1, -0.05) is 0 Å². The van der Waals surface area contributed by atoms with Gasteiger partial charge in [0.15, 0.2) is 10.8 Å². The van der Waals surface area contributed by atoms with Gasteiger partial charge in [0.1, 0.15) is 5.65 Å². The van der Waals surface area contributed by atoms with Crippen LogP contribution in [0.15, 0.2) is 29.9 Å². The van der Waals surface area contributed by atoms with Crippen LogP contribution in [0.4, 0.5) is 5.82 Å². The maximum absolute atomic E-state index is 12.4. The highest BCUT2D eigenvalue weighted by molar-refractivity contribution is 7.12. The molecule has 2 fully saturated rings. The van der Waals surface area contributed by atoms with Crippen LogP contribution in [-0.2, 0) is 9.53 Å². The van der Waals surface area contributed by atoms with Crippen LogP contribution in [0, 0.1) is 5.92 Å². The van der Waals surface area contributed by atoms with Crippen molar-refractivity contribution >= 4 is 34.6 Å². The number of ether oxygens (including phenoxy) is 1. The summed E-state index contributed by atoms with van der Waals surface area (Å²) in [5.74, 6) is 0.327. The lowest BCUT2D eigenvalue weighted by Crippen LogP contribution is -2.42. The Balaban J connectivity index is 1.32. The molecule has 150 valence electrons. The topological polar surface area (TPSA) is 118 Å². The van der Waals surface area contributed by atoms with Gasteiger partial charge >= 0.3 is 0 Å². The number of aliphatic hydroxyl groups excluding tert-OH is 1. The minimum atomic E-state index is -0.698. The molecule has 0 aromatic carbocycles. The van der Waals surface area contributed by atoms with E-state index in [2.05, 4.69) is 20.6 Å². The highest BCUT2D eigenvalue weighted by Crippen LogP contribution is 2.30. The van der Waals surface area contributed by atoms with Crippen molar-refractivity contribution in [2.24, 2.45) is 5.92 Å². The quantitative estimate of drug-likeness (QED) is 0.580. The van der Waals surface area contributed by atoms with Gasteiger partial charge in [0.05, 0.1) is 37.3 Å². The number of hydrogen-bond acceptors (Lipinski definition) is 7. The lowest BCUT2D eigenvalue weighted by atomic mass is 10.2. The first-order chi connectivity index (χ1) is 14.1. The molecule has 5 rings (SSSR count). The van der Waals surface area contributed by atoms with Crippen molar-refractivity contribution in [2.75, 3.05) is 18.5 Å². The highest BCUT2D eigenvalue weighted by Gasteiger charge is 2.30. The number of amides is 2. The minimum Gasteiger partial charge on any atom is -0.388 e. The van der Waals surface area contributed by atoms with E-state index in [0.29, 0.717) is 28.8 Å². The second-order valence-corrected chi connectivity index (χ2v) is 8.15. The third-order valence-corrected chi connectivity index (χ3v) is 5.85. The Kier molecular flexibility index (Phi) is 4.53. The summed E-state index contributed by atoms with van der Waals surface area (Å²) in [6.45, 7) is 0.518. The summed E-state index contributed by atoms with van der Waals surface area (Å²) in [7, 11) is 0. The lowest BCUT2D eigenvalue weighted by Gasteiger charge is -2.12. The Hall–Kier alpha value is -2.82. The smallest absolute Gasteiger partial charge is 0.280 e. The molecule has 1 saturated carbocycles. The molecule has 3 N–H and O–H groups in total. The van der Waals surface area contributed by atoms with E-state index in [1.165, 1.54) is 11.3 Å². The minimum absolute atomic E-state index is 0.0153. The molecule has 3 aromatic rings. The fourth-order valence-corrected chi connectivity index (χ4v) is 3.93. The van der Waals surface area contributed by atoms with Gasteiger partial charge in [-0.3, -0.25) is 9.59 Å². The number of imidazole rings is 1. The van der Waals surface area contributed by atoms with Gasteiger partial charge in [-0.2, -0.15) is 0 Å². The van der Waals surface area contributed by atoms with Crippen molar-refractivity contribution < 1.29 is 19.4 Å². The third-order valence-electron chi connectivity index (χ3n) is 5.01. The molecule has 0 unspecified atom stereocenters. The van der Waals surface area contributed by atoms with Crippen LogP contribution in [0.2, 0.25) is 0 Å². The van der Waals surface area contributed by atoms with Crippen LogP contribution < -0.4 is 10.6 Å². The van der Waals surface area contributed by atoms with Gasteiger partial charge < -0.3 is 24.9 Å². The molecule has 4 heterocycles. The highest BCUT2D eigenvalue weighted by atomic mass is 32.1. The third kappa shape index (κ3) is 3.74. The van der Waals surface area contributed by atoms with E-state index >= 15 is 0 Å². The second kappa shape index (κ2) is 7.21. The number of fused-ring (bicyclic) bond motifs is 1. The zero-order chi connectivity index (χ0) is 20.0. The first kappa shape index (κ1) is 18.2. The van der Waals surface area contributed by atoms with Crippen molar-refractivity contribution in [3.05, 3.63) is 34.9 Å². The van der Waals surface area contributed by atoms with Gasteiger partial charge in [-0.25, -0.2) is 9.97 Å². The number of anilines is 1. The van der Waals surface area contributed by atoms with Gasteiger partial charge in [0.2, 0.25) is 5.91 Å². The maximum atomic E-state index is 12.4. The molecule has 2 amide bonds. The Morgan fingerprint density at radius 2 is 2.07 bits per heavy atom. The number of aliphatic hydroxyl groups is 1. The molecule has 29 heavy (non-hydrogen) atoms. The average molecular weight is 413 g/mol. The molecule has 0 spiro atoms. The maximum Gasteiger partial charge on any atom is 0.280 e. The Bertz CT molecular complexity index is 1090. The van der Waals surface area contributed by atoms with Gasteiger partial charge in [0, 0.05) is 23.1 Å². The molecule has 1 aliphatic carbocycles. The predicted octanol–water partition coefficient (Wildman–Crippen LogP) is 1.30. The van der Waals surface area contributed by atoms with Crippen molar-refractivity contribution in [3.8, 4) is 11.3 Å². The molecule has 1 saturated heterocycles. The van der Waals surface area contributed by atoms with E-state index in [1.54, 1.807) is 6.20 Å². The molecule has 0 radical (unpaired) electrons. The number of nitrogens with zero attached hydrogens (tertiary/aromatic N) is 3. The van der Waals surface area contributed by atoms with E-state index < -0.39 is 12.1 Å². The number of aromatic nitrogens is 3. The Morgan fingerprint density at radius 3 is 2.83 bits per heavy atom. The standard InChI is InChI=1S/C19H19N5O4S/c25-14-8-28-7-12(14)20-18(27)19-21-13(9-29-19)11-3-4-16-22-15(6-24(16)5-11)23-17(26)10-1-2-10/h3-6,9-10,12,14,25H,1-2,7-8H2,(H,20,27)(H,23,26)/t12-,14+/m0/s1. The number of thiazole rings is 1. The molecular weight excluding hydrogens is 394 g/mol. The first-order valence-electron chi connectivity index (χ1n) is 9.39. The van der Waals surface area contributed by atoms with Crippen LogP contribution in [0.1, 0.15) is 22.6 Å². The zero-order valence-electron chi connectivity index (χ0n) is 15.4. The van der Waals surface area contributed by atoms with Gasteiger partial charge in [0.25, 0.3) is 5.91 Å². The summed E-state index contributed by atoms with van der Waals surface area (Å²) >= 11 is 1.24. The fraction of sp³-hybridized carbons (Fsp3) is 0.368. The summed E-state index contributed by atoms with van der Waals surface area (Å²) in [6, 6.07) is 3.30. The van der Waals surface area contributed by atoms with Crippen molar-refractivity contribution in [1.82, 2.24) is 19.7 Å². The monoisotopic (exact) mass is 413 g/mol. The summed E-state index contributed by atoms with van der Waals surface area (Å²) in [6.07, 6.45) is 4.81. The second-order valence-electron chi connectivity index (χ2n) is 7.30. The number of carbonyl (C=O) groups is 2. The Morgan fingerprint density at radius 1 is 1.21 bits per heavy atom. The van der Waals surface area contributed by atoms with E-state index in [4.69, 9.17) is 4.74 Å². The SMILES string of the molecule is O=C(N[C@H]1COC[C@H]1O)c1nc(-c2ccc3nc(NC(=O)C4CC4)cn3c2)cs1. The van der Waals surface area contributed by atoms with Crippen molar-refractivity contribution in [2.45, 2.75) is 25.0 Å². The van der Waals surface area contributed by atoms with Crippen molar-refractivity contribution in [3.63, 3.8) is 0 Å². The number of hydrogen-bond donors (Lipinski definition) is 3. The zero-order valence-corrected chi connectivity index (χ0v) is 16.2. The molecule has 0 bridgehead atoms. The van der Waals surface area contributed by atoms with Crippen LogP contribution >= 0.6 is 11.3 Å².